The summed E-state index contributed by atoms with van der Waals surface area (Å²) < 4.78 is 11.4. The number of benzene rings is 1. The highest BCUT2D eigenvalue weighted by Gasteiger charge is 2.21. The molecule has 2 rings (SSSR count). The number of ketones is 1. The summed E-state index contributed by atoms with van der Waals surface area (Å²) >= 11 is 3.42. The van der Waals surface area contributed by atoms with Crippen LogP contribution in [0.2, 0.25) is 0 Å². The molecule has 4 heteroatoms. The third-order valence-electron chi connectivity index (χ3n) is 4.22. The van der Waals surface area contributed by atoms with Gasteiger partial charge in [0, 0.05) is 6.42 Å². The minimum absolute atomic E-state index is 0.157. The first kappa shape index (κ1) is 16.3. The van der Waals surface area contributed by atoms with Gasteiger partial charge in [0.05, 0.1) is 24.3 Å². The van der Waals surface area contributed by atoms with Crippen LogP contribution in [0.5, 0.6) is 11.5 Å². The second-order valence-corrected chi connectivity index (χ2v) is 6.53. The van der Waals surface area contributed by atoms with Gasteiger partial charge in [-0.2, -0.15) is 0 Å². The summed E-state index contributed by atoms with van der Waals surface area (Å²) in [5.74, 6) is 1.95. The number of hydrogen-bond acceptors (Lipinski definition) is 3. The Morgan fingerprint density at radius 1 is 1.10 bits per heavy atom. The van der Waals surface area contributed by atoms with Crippen molar-refractivity contribution in [3.8, 4) is 11.5 Å². The Kier molecular flexibility index (Phi) is 6.09. The SMILES string of the molecule is COc1cc(C(=O)CC2CCCCCC2)c(OC)cc1Br. The van der Waals surface area contributed by atoms with Crippen molar-refractivity contribution in [2.75, 3.05) is 14.2 Å². The zero-order valence-electron chi connectivity index (χ0n) is 12.8. The normalized spacial score (nSPS) is 16.3. The molecule has 3 nitrogen and oxygen atoms in total. The average Bonchev–Trinajstić information content (AvgIpc) is 2.75. The van der Waals surface area contributed by atoms with Gasteiger partial charge in [-0.3, -0.25) is 4.79 Å². The summed E-state index contributed by atoms with van der Waals surface area (Å²) in [6.45, 7) is 0. The lowest BCUT2D eigenvalue weighted by molar-refractivity contribution is 0.0953. The monoisotopic (exact) mass is 354 g/mol. The van der Waals surface area contributed by atoms with E-state index in [2.05, 4.69) is 15.9 Å². The number of hydrogen-bond donors (Lipinski definition) is 0. The van der Waals surface area contributed by atoms with Crippen molar-refractivity contribution < 1.29 is 14.3 Å². The van der Waals surface area contributed by atoms with Crippen LogP contribution in [0, 0.1) is 5.92 Å². The molecule has 0 atom stereocenters. The molecular formula is C17H23BrO3. The summed E-state index contributed by atoms with van der Waals surface area (Å²) in [6.07, 6.45) is 8.06. The van der Waals surface area contributed by atoms with E-state index in [9.17, 15) is 4.79 Å². The predicted octanol–water partition coefficient (Wildman–Crippen LogP) is 5.01. The number of carbonyl (C=O) groups excluding carboxylic acids is 1. The first-order valence-electron chi connectivity index (χ1n) is 7.60. The van der Waals surface area contributed by atoms with Crippen LogP contribution in [-0.2, 0) is 0 Å². The van der Waals surface area contributed by atoms with Crippen molar-refractivity contribution in [3.05, 3.63) is 22.2 Å². The van der Waals surface area contributed by atoms with Crippen molar-refractivity contribution >= 4 is 21.7 Å². The molecule has 21 heavy (non-hydrogen) atoms. The molecule has 0 bridgehead atoms. The van der Waals surface area contributed by atoms with Crippen LogP contribution in [0.3, 0.4) is 0 Å². The maximum absolute atomic E-state index is 12.6. The molecule has 1 aliphatic carbocycles. The smallest absolute Gasteiger partial charge is 0.167 e. The molecule has 1 saturated carbocycles. The Morgan fingerprint density at radius 2 is 1.71 bits per heavy atom. The number of rotatable bonds is 5. The van der Waals surface area contributed by atoms with E-state index >= 15 is 0 Å². The minimum Gasteiger partial charge on any atom is -0.496 e. The molecule has 1 aromatic carbocycles. The lowest BCUT2D eigenvalue weighted by atomic mass is 9.91. The van der Waals surface area contributed by atoms with Gasteiger partial charge in [0.15, 0.2) is 5.78 Å². The highest BCUT2D eigenvalue weighted by molar-refractivity contribution is 9.10. The minimum atomic E-state index is 0.157. The highest BCUT2D eigenvalue weighted by Crippen LogP contribution is 2.35. The van der Waals surface area contributed by atoms with Gasteiger partial charge in [-0.1, -0.05) is 38.5 Å². The fraction of sp³-hybridized carbons (Fsp3) is 0.588. The van der Waals surface area contributed by atoms with Gasteiger partial charge >= 0.3 is 0 Å². The largest absolute Gasteiger partial charge is 0.496 e. The molecule has 1 aliphatic rings. The van der Waals surface area contributed by atoms with Gasteiger partial charge < -0.3 is 9.47 Å². The van der Waals surface area contributed by atoms with Gasteiger partial charge in [0.2, 0.25) is 0 Å². The number of carbonyl (C=O) groups is 1. The fourth-order valence-electron chi connectivity index (χ4n) is 3.02. The highest BCUT2D eigenvalue weighted by atomic mass is 79.9. The molecule has 1 fully saturated rings. The van der Waals surface area contributed by atoms with Gasteiger partial charge in [0.25, 0.3) is 0 Å². The van der Waals surface area contributed by atoms with Gasteiger partial charge in [0.1, 0.15) is 11.5 Å². The summed E-state index contributed by atoms with van der Waals surface area (Å²) in [5, 5.41) is 0. The summed E-state index contributed by atoms with van der Waals surface area (Å²) in [4.78, 5) is 12.6. The summed E-state index contributed by atoms with van der Waals surface area (Å²) in [7, 11) is 3.20. The second kappa shape index (κ2) is 7.83. The third-order valence-corrected chi connectivity index (χ3v) is 4.84. The summed E-state index contributed by atoms with van der Waals surface area (Å²) in [5.41, 5.74) is 0.627. The van der Waals surface area contributed by atoms with Gasteiger partial charge in [-0.25, -0.2) is 0 Å². The molecule has 116 valence electrons. The molecule has 0 spiro atoms. The van der Waals surface area contributed by atoms with E-state index in [0.717, 1.165) is 4.47 Å². The molecule has 0 aromatic heterocycles. The Balaban J connectivity index is 2.17. The number of Topliss-reactive ketones (excluding diaryl/α,β-unsaturated/α-hetero) is 1. The quantitative estimate of drug-likeness (QED) is 0.550. The van der Waals surface area contributed by atoms with E-state index in [1.807, 2.05) is 0 Å². The standard InChI is InChI=1S/C17H23BrO3/c1-20-16-11-14(18)17(21-2)10-13(16)15(19)9-12-7-5-3-4-6-8-12/h10-12H,3-9H2,1-2H3. The lowest BCUT2D eigenvalue weighted by Gasteiger charge is -2.15. The number of methoxy groups -OCH3 is 2. The van der Waals surface area contributed by atoms with Gasteiger partial charge in [-0.15, -0.1) is 0 Å². The van der Waals surface area contributed by atoms with E-state index in [1.54, 1.807) is 26.4 Å². The number of halogens is 1. The van der Waals surface area contributed by atoms with Crippen LogP contribution < -0.4 is 9.47 Å². The third kappa shape index (κ3) is 4.22. The zero-order chi connectivity index (χ0) is 15.2. The van der Waals surface area contributed by atoms with Crippen LogP contribution in [0.25, 0.3) is 0 Å². The fourth-order valence-corrected chi connectivity index (χ4v) is 3.50. The first-order chi connectivity index (χ1) is 10.2. The molecule has 0 radical (unpaired) electrons. The number of ether oxygens (including phenoxy) is 2. The summed E-state index contributed by atoms with van der Waals surface area (Å²) in [6, 6.07) is 3.58. The van der Waals surface area contributed by atoms with Crippen LogP contribution in [0.1, 0.15) is 55.3 Å². The maximum Gasteiger partial charge on any atom is 0.167 e. The van der Waals surface area contributed by atoms with Crippen LogP contribution >= 0.6 is 15.9 Å². The Labute approximate surface area is 135 Å². The van der Waals surface area contributed by atoms with Crippen LogP contribution in [-0.4, -0.2) is 20.0 Å². The molecule has 0 saturated heterocycles. The van der Waals surface area contributed by atoms with Crippen molar-refractivity contribution in [1.29, 1.82) is 0 Å². The van der Waals surface area contributed by atoms with E-state index in [0.29, 0.717) is 29.4 Å². The second-order valence-electron chi connectivity index (χ2n) is 5.67. The van der Waals surface area contributed by atoms with E-state index in [1.165, 1.54) is 38.5 Å². The Hall–Kier alpha value is -1.03. The van der Waals surface area contributed by atoms with E-state index in [4.69, 9.17) is 9.47 Å². The van der Waals surface area contributed by atoms with Crippen LogP contribution in [0.15, 0.2) is 16.6 Å². The predicted molar refractivity (Wildman–Crippen MR) is 87.4 cm³/mol. The molecule has 0 unspecified atom stereocenters. The Bertz CT molecular complexity index is 491. The van der Waals surface area contributed by atoms with Crippen molar-refractivity contribution in [2.45, 2.75) is 44.9 Å². The molecular weight excluding hydrogens is 332 g/mol. The molecule has 0 heterocycles. The Morgan fingerprint density at radius 3 is 2.29 bits per heavy atom. The first-order valence-corrected chi connectivity index (χ1v) is 8.39. The zero-order valence-corrected chi connectivity index (χ0v) is 14.4. The lowest BCUT2D eigenvalue weighted by Crippen LogP contribution is -2.10. The van der Waals surface area contributed by atoms with Gasteiger partial charge in [-0.05, 0) is 34.0 Å². The average molecular weight is 355 g/mol. The van der Waals surface area contributed by atoms with Crippen molar-refractivity contribution in [1.82, 2.24) is 0 Å². The van der Waals surface area contributed by atoms with E-state index in [-0.39, 0.29) is 5.78 Å². The topological polar surface area (TPSA) is 35.5 Å². The van der Waals surface area contributed by atoms with Crippen molar-refractivity contribution in [2.24, 2.45) is 5.92 Å². The maximum atomic E-state index is 12.6. The molecule has 0 amide bonds. The molecule has 0 aliphatic heterocycles. The molecule has 0 N–H and O–H groups in total. The van der Waals surface area contributed by atoms with Crippen LogP contribution in [0.4, 0.5) is 0 Å². The molecule has 1 aromatic rings. The van der Waals surface area contributed by atoms with Crippen molar-refractivity contribution in [3.63, 3.8) is 0 Å². The van der Waals surface area contributed by atoms with E-state index < -0.39 is 0 Å².